The van der Waals surface area contributed by atoms with E-state index in [4.69, 9.17) is 0 Å². The van der Waals surface area contributed by atoms with Crippen molar-refractivity contribution in [3.05, 3.63) is 51.8 Å². The molecule has 1 N–H and O–H groups in total. The Morgan fingerprint density at radius 1 is 1.30 bits per heavy atom. The van der Waals surface area contributed by atoms with Crippen molar-refractivity contribution in [3.63, 3.8) is 0 Å². The molecule has 2 aromatic rings. The maximum absolute atomic E-state index is 11.9. The lowest BCUT2D eigenvalue weighted by atomic mass is 10.0. The minimum atomic E-state index is -0.615. The highest BCUT2D eigenvalue weighted by Gasteiger charge is 2.13. The van der Waals surface area contributed by atoms with Gasteiger partial charge in [-0.05, 0) is 47.9 Å². The normalized spacial score (nSPS) is 14.3. The fourth-order valence-corrected chi connectivity index (χ4v) is 2.60. The number of hydrogen-bond donors (Lipinski definition) is 1. The molecular weight excluding hydrogens is 254 g/mol. The minimum absolute atomic E-state index is 0.0350. The SMILES string of the molecule is COC(=O)c1cc2ccc(C3=CCCC3)cc2[nH]c1=O. The van der Waals surface area contributed by atoms with E-state index in [0.29, 0.717) is 0 Å². The number of fused-ring (bicyclic) bond motifs is 1. The van der Waals surface area contributed by atoms with E-state index < -0.39 is 11.5 Å². The first-order valence-corrected chi connectivity index (χ1v) is 6.64. The predicted molar refractivity (Wildman–Crippen MR) is 77.7 cm³/mol. The number of hydrogen-bond acceptors (Lipinski definition) is 3. The fourth-order valence-electron chi connectivity index (χ4n) is 2.60. The molecule has 4 heteroatoms. The lowest BCUT2D eigenvalue weighted by Gasteiger charge is -2.06. The van der Waals surface area contributed by atoms with Crippen LogP contribution in [-0.4, -0.2) is 18.1 Å². The second-order valence-electron chi connectivity index (χ2n) is 4.93. The lowest BCUT2D eigenvalue weighted by molar-refractivity contribution is 0.0599. The summed E-state index contributed by atoms with van der Waals surface area (Å²) in [6.07, 6.45) is 5.62. The zero-order valence-corrected chi connectivity index (χ0v) is 11.2. The molecule has 0 fully saturated rings. The molecule has 0 unspecified atom stereocenters. The van der Waals surface area contributed by atoms with Crippen molar-refractivity contribution in [1.29, 1.82) is 0 Å². The van der Waals surface area contributed by atoms with Gasteiger partial charge in [-0.15, -0.1) is 0 Å². The van der Waals surface area contributed by atoms with E-state index in [9.17, 15) is 9.59 Å². The van der Waals surface area contributed by atoms with Crippen LogP contribution in [0.25, 0.3) is 16.5 Å². The molecule has 20 heavy (non-hydrogen) atoms. The molecule has 0 radical (unpaired) electrons. The predicted octanol–water partition coefficient (Wildman–Crippen LogP) is 2.88. The molecule has 0 atom stereocenters. The van der Waals surface area contributed by atoms with Gasteiger partial charge in [-0.3, -0.25) is 4.79 Å². The summed E-state index contributed by atoms with van der Waals surface area (Å²) in [6, 6.07) is 7.49. The second kappa shape index (κ2) is 4.96. The Labute approximate surface area is 116 Å². The van der Waals surface area contributed by atoms with Crippen molar-refractivity contribution in [2.75, 3.05) is 7.11 Å². The summed E-state index contributed by atoms with van der Waals surface area (Å²) >= 11 is 0. The van der Waals surface area contributed by atoms with Gasteiger partial charge in [0.1, 0.15) is 5.56 Å². The average Bonchev–Trinajstić information content (AvgIpc) is 2.99. The Kier molecular flexibility index (Phi) is 3.14. The Hall–Kier alpha value is -2.36. The third-order valence-corrected chi connectivity index (χ3v) is 3.66. The summed E-state index contributed by atoms with van der Waals surface area (Å²) in [6.45, 7) is 0. The van der Waals surface area contributed by atoms with Crippen LogP contribution in [0.5, 0.6) is 0 Å². The van der Waals surface area contributed by atoms with Gasteiger partial charge in [0.05, 0.1) is 7.11 Å². The molecule has 0 amide bonds. The van der Waals surface area contributed by atoms with E-state index in [0.717, 1.165) is 29.3 Å². The zero-order valence-electron chi connectivity index (χ0n) is 11.2. The molecular formula is C16H15NO3. The van der Waals surface area contributed by atoms with Crippen LogP contribution in [0.3, 0.4) is 0 Å². The molecule has 4 nitrogen and oxygen atoms in total. The summed E-state index contributed by atoms with van der Waals surface area (Å²) < 4.78 is 4.60. The van der Waals surface area contributed by atoms with E-state index in [1.54, 1.807) is 6.07 Å². The van der Waals surface area contributed by atoms with E-state index in [1.807, 2.05) is 18.2 Å². The summed E-state index contributed by atoms with van der Waals surface area (Å²) in [5.41, 5.74) is 2.82. The summed E-state index contributed by atoms with van der Waals surface area (Å²) in [4.78, 5) is 26.2. The van der Waals surface area contributed by atoms with Crippen LogP contribution in [0.15, 0.2) is 35.1 Å². The van der Waals surface area contributed by atoms with Gasteiger partial charge < -0.3 is 9.72 Å². The topological polar surface area (TPSA) is 59.2 Å². The van der Waals surface area contributed by atoms with Crippen molar-refractivity contribution in [2.24, 2.45) is 0 Å². The van der Waals surface area contributed by atoms with Crippen LogP contribution in [0, 0.1) is 0 Å². The Bertz CT molecular complexity index is 771. The Balaban J connectivity index is 2.12. The first-order chi connectivity index (χ1) is 9.69. The van der Waals surface area contributed by atoms with Gasteiger partial charge in [0, 0.05) is 5.52 Å². The molecule has 102 valence electrons. The number of carbonyl (C=O) groups excluding carboxylic acids is 1. The van der Waals surface area contributed by atoms with Crippen LogP contribution >= 0.6 is 0 Å². The third-order valence-electron chi connectivity index (χ3n) is 3.66. The van der Waals surface area contributed by atoms with Crippen molar-refractivity contribution >= 4 is 22.4 Å². The Morgan fingerprint density at radius 2 is 2.15 bits per heavy atom. The quantitative estimate of drug-likeness (QED) is 0.853. The molecule has 1 aromatic heterocycles. The molecule has 1 aliphatic carbocycles. The number of aromatic amines is 1. The van der Waals surface area contributed by atoms with Crippen LogP contribution < -0.4 is 5.56 Å². The standard InChI is InChI=1S/C16H15NO3/c1-20-16(19)13-8-12-7-6-11(10-4-2-3-5-10)9-14(12)17-15(13)18/h4,6-9H,2-3,5H2,1H3,(H,17,18). The Morgan fingerprint density at radius 3 is 2.85 bits per heavy atom. The first-order valence-electron chi connectivity index (χ1n) is 6.64. The molecule has 0 saturated heterocycles. The summed E-state index contributed by atoms with van der Waals surface area (Å²) in [5, 5.41) is 0.826. The molecule has 0 bridgehead atoms. The van der Waals surface area contributed by atoms with Crippen LogP contribution in [0.1, 0.15) is 35.2 Å². The minimum Gasteiger partial charge on any atom is -0.465 e. The van der Waals surface area contributed by atoms with Crippen LogP contribution in [0.2, 0.25) is 0 Å². The number of allylic oxidation sites excluding steroid dienone is 2. The van der Waals surface area contributed by atoms with Crippen molar-refractivity contribution in [2.45, 2.75) is 19.3 Å². The number of esters is 1. The smallest absolute Gasteiger partial charge is 0.343 e. The molecule has 0 aliphatic heterocycles. The number of carbonyl (C=O) groups is 1. The molecule has 3 rings (SSSR count). The van der Waals surface area contributed by atoms with Crippen LogP contribution in [-0.2, 0) is 4.74 Å². The number of ether oxygens (including phenoxy) is 1. The number of aromatic nitrogens is 1. The van der Waals surface area contributed by atoms with Crippen molar-refractivity contribution < 1.29 is 9.53 Å². The van der Waals surface area contributed by atoms with Crippen molar-refractivity contribution in [1.82, 2.24) is 4.98 Å². The average molecular weight is 269 g/mol. The number of H-pyrrole nitrogens is 1. The maximum Gasteiger partial charge on any atom is 0.343 e. The third kappa shape index (κ3) is 2.13. The van der Waals surface area contributed by atoms with Gasteiger partial charge in [-0.2, -0.15) is 0 Å². The summed E-state index contributed by atoms with van der Waals surface area (Å²) in [7, 11) is 1.27. The molecule has 0 saturated carbocycles. The van der Waals surface area contributed by atoms with Gasteiger partial charge >= 0.3 is 5.97 Å². The van der Waals surface area contributed by atoms with E-state index in [-0.39, 0.29) is 5.56 Å². The summed E-state index contributed by atoms with van der Waals surface area (Å²) in [5.74, 6) is -0.615. The monoisotopic (exact) mass is 269 g/mol. The maximum atomic E-state index is 11.9. The van der Waals surface area contributed by atoms with E-state index in [1.165, 1.54) is 19.1 Å². The lowest BCUT2D eigenvalue weighted by Crippen LogP contribution is -2.18. The van der Waals surface area contributed by atoms with Gasteiger partial charge in [-0.25, -0.2) is 4.79 Å². The number of nitrogens with one attached hydrogen (secondary N) is 1. The molecule has 1 aliphatic rings. The number of benzene rings is 1. The second-order valence-corrected chi connectivity index (χ2v) is 4.93. The number of rotatable bonds is 2. The zero-order chi connectivity index (χ0) is 14.1. The fraction of sp³-hybridized carbons (Fsp3) is 0.250. The first kappa shape index (κ1) is 12.7. The molecule has 0 spiro atoms. The van der Waals surface area contributed by atoms with Gasteiger partial charge in [0.15, 0.2) is 0 Å². The van der Waals surface area contributed by atoms with Crippen LogP contribution in [0.4, 0.5) is 0 Å². The van der Waals surface area contributed by atoms with Gasteiger partial charge in [0.25, 0.3) is 5.56 Å². The van der Waals surface area contributed by atoms with Gasteiger partial charge in [-0.1, -0.05) is 18.2 Å². The highest BCUT2D eigenvalue weighted by molar-refractivity contribution is 5.94. The van der Waals surface area contributed by atoms with Crippen molar-refractivity contribution in [3.8, 4) is 0 Å². The highest BCUT2D eigenvalue weighted by atomic mass is 16.5. The van der Waals surface area contributed by atoms with E-state index in [2.05, 4.69) is 15.8 Å². The van der Waals surface area contributed by atoms with Gasteiger partial charge in [0.2, 0.25) is 0 Å². The number of methoxy groups -OCH3 is 1. The highest BCUT2D eigenvalue weighted by Crippen LogP contribution is 2.29. The van der Waals surface area contributed by atoms with E-state index >= 15 is 0 Å². The molecule has 1 heterocycles. The largest absolute Gasteiger partial charge is 0.465 e. The molecule has 1 aromatic carbocycles. The number of pyridine rings is 1.